The molecule has 6 nitrogen and oxygen atoms in total. The molecule has 0 saturated heterocycles. The molecular weight excluding hydrogens is 250 g/mol. The Hall–Kier alpha value is -1.26. The van der Waals surface area contributed by atoms with E-state index in [1.54, 1.807) is 4.57 Å². The van der Waals surface area contributed by atoms with Gasteiger partial charge >= 0.3 is 5.69 Å². The Labute approximate surface area is 111 Å². The summed E-state index contributed by atoms with van der Waals surface area (Å²) in [6, 6.07) is 2.27. The minimum absolute atomic E-state index is 0.208. The van der Waals surface area contributed by atoms with E-state index in [1.165, 1.54) is 11.8 Å². The van der Waals surface area contributed by atoms with Gasteiger partial charge in [0, 0.05) is 12.3 Å². The Morgan fingerprint density at radius 2 is 2.33 bits per heavy atom. The van der Waals surface area contributed by atoms with E-state index in [0.29, 0.717) is 17.5 Å². The second-order valence-electron chi connectivity index (χ2n) is 4.21. The molecule has 0 bridgehead atoms. The van der Waals surface area contributed by atoms with Crippen LogP contribution in [0.25, 0.3) is 0 Å². The van der Waals surface area contributed by atoms with Crippen LogP contribution in [0.15, 0.2) is 9.95 Å². The summed E-state index contributed by atoms with van der Waals surface area (Å²) in [5.74, 6) is 0.549. The number of rotatable bonds is 7. The molecule has 0 spiro atoms. The molecule has 1 rings (SSSR count). The average Bonchev–Trinajstić information content (AvgIpc) is 2.74. The van der Waals surface area contributed by atoms with Gasteiger partial charge in [-0.1, -0.05) is 18.7 Å². The first kappa shape index (κ1) is 14.8. The Balaban J connectivity index is 2.68. The van der Waals surface area contributed by atoms with E-state index < -0.39 is 5.54 Å². The number of nitrogens with zero attached hydrogens (tertiary/aromatic N) is 3. The van der Waals surface area contributed by atoms with E-state index in [2.05, 4.69) is 28.5 Å². The van der Waals surface area contributed by atoms with E-state index in [0.717, 1.165) is 13.0 Å². The third-order valence-electron chi connectivity index (χ3n) is 2.54. The summed E-state index contributed by atoms with van der Waals surface area (Å²) < 4.78 is 1.56. The minimum Gasteiger partial charge on any atom is -0.299 e. The molecular formula is C11H19N5OS. The molecule has 1 atom stereocenters. The second kappa shape index (κ2) is 6.61. The number of aromatic nitrogens is 3. The fourth-order valence-electron chi connectivity index (χ4n) is 1.42. The summed E-state index contributed by atoms with van der Waals surface area (Å²) >= 11 is 1.41. The number of aromatic amines is 1. The number of nitriles is 1. The fraction of sp³-hybridized carbons (Fsp3) is 0.727. The van der Waals surface area contributed by atoms with Crippen LogP contribution in [-0.4, -0.2) is 32.6 Å². The molecule has 18 heavy (non-hydrogen) atoms. The van der Waals surface area contributed by atoms with Crippen molar-refractivity contribution in [1.29, 1.82) is 5.26 Å². The molecule has 1 aromatic heterocycles. The van der Waals surface area contributed by atoms with Gasteiger partial charge in [-0.3, -0.25) is 9.88 Å². The van der Waals surface area contributed by atoms with Crippen molar-refractivity contribution < 1.29 is 0 Å². The highest BCUT2D eigenvalue weighted by Crippen LogP contribution is 2.19. The highest BCUT2D eigenvalue weighted by Gasteiger charge is 2.24. The molecule has 0 aliphatic rings. The van der Waals surface area contributed by atoms with E-state index in [9.17, 15) is 10.1 Å². The van der Waals surface area contributed by atoms with Crippen LogP contribution in [0.1, 0.15) is 27.2 Å². The SMILES string of the molecule is CCCNC(C)(C#N)CSc1n[nH]c(=O)n1CC. The lowest BCUT2D eigenvalue weighted by atomic mass is 10.1. The lowest BCUT2D eigenvalue weighted by Gasteiger charge is -2.22. The van der Waals surface area contributed by atoms with Gasteiger partial charge in [0.2, 0.25) is 0 Å². The first-order valence-electron chi connectivity index (χ1n) is 6.00. The maximum atomic E-state index is 11.4. The molecule has 0 aromatic carbocycles. The summed E-state index contributed by atoms with van der Waals surface area (Å²) in [5, 5.41) is 19.4. The van der Waals surface area contributed by atoms with Gasteiger partial charge in [-0.25, -0.2) is 9.89 Å². The topological polar surface area (TPSA) is 86.5 Å². The maximum Gasteiger partial charge on any atom is 0.343 e. The molecule has 1 unspecified atom stereocenters. The van der Waals surface area contributed by atoms with Crippen molar-refractivity contribution >= 4 is 11.8 Å². The molecule has 0 radical (unpaired) electrons. The highest BCUT2D eigenvalue weighted by atomic mass is 32.2. The molecule has 0 aliphatic carbocycles. The molecule has 100 valence electrons. The summed E-state index contributed by atoms with van der Waals surface area (Å²) in [7, 11) is 0. The number of hydrogen-bond donors (Lipinski definition) is 2. The number of nitrogens with one attached hydrogen (secondary N) is 2. The largest absolute Gasteiger partial charge is 0.343 e. The lowest BCUT2D eigenvalue weighted by Crippen LogP contribution is -2.43. The number of thioether (sulfide) groups is 1. The molecule has 0 saturated carbocycles. The monoisotopic (exact) mass is 269 g/mol. The van der Waals surface area contributed by atoms with Crippen molar-refractivity contribution in [2.24, 2.45) is 0 Å². The van der Waals surface area contributed by atoms with Crippen molar-refractivity contribution in [3.05, 3.63) is 10.5 Å². The second-order valence-corrected chi connectivity index (χ2v) is 5.16. The Bertz CT molecular complexity index is 475. The Morgan fingerprint density at radius 1 is 1.61 bits per heavy atom. The van der Waals surface area contributed by atoms with Crippen molar-refractivity contribution in [2.45, 2.75) is 44.4 Å². The van der Waals surface area contributed by atoms with Crippen LogP contribution in [0.3, 0.4) is 0 Å². The summed E-state index contributed by atoms with van der Waals surface area (Å²) in [6.07, 6.45) is 0.976. The zero-order valence-electron chi connectivity index (χ0n) is 11.0. The van der Waals surface area contributed by atoms with Crippen LogP contribution in [0, 0.1) is 11.3 Å². The summed E-state index contributed by atoms with van der Waals surface area (Å²) in [5.41, 5.74) is -0.811. The van der Waals surface area contributed by atoms with E-state index in [1.807, 2.05) is 13.8 Å². The van der Waals surface area contributed by atoms with E-state index >= 15 is 0 Å². The summed E-state index contributed by atoms with van der Waals surface area (Å²) in [6.45, 7) is 7.17. The normalized spacial score (nSPS) is 14.1. The predicted molar refractivity (Wildman–Crippen MR) is 71.6 cm³/mol. The van der Waals surface area contributed by atoms with Crippen LogP contribution in [0.4, 0.5) is 0 Å². The van der Waals surface area contributed by atoms with Crippen LogP contribution in [0.5, 0.6) is 0 Å². The standard InChI is InChI=1S/C11H19N5OS/c1-4-6-13-11(3,7-12)8-18-10-15-14-9(17)16(10)5-2/h13H,4-6,8H2,1-3H3,(H,14,17). The molecule has 7 heteroatoms. The molecule has 1 heterocycles. The van der Waals surface area contributed by atoms with Gasteiger partial charge in [-0.15, -0.1) is 5.10 Å². The zero-order valence-corrected chi connectivity index (χ0v) is 11.8. The quantitative estimate of drug-likeness (QED) is 0.720. The van der Waals surface area contributed by atoms with E-state index in [4.69, 9.17) is 0 Å². The van der Waals surface area contributed by atoms with Crippen LogP contribution < -0.4 is 11.0 Å². The van der Waals surface area contributed by atoms with Gasteiger partial charge in [0.25, 0.3) is 0 Å². The third kappa shape index (κ3) is 3.62. The third-order valence-corrected chi connectivity index (χ3v) is 3.83. The van der Waals surface area contributed by atoms with Gasteiger partial charge in [0.05, 0.1) is 6.07 Å². The summed E-state index contributed by atoms with van der Waals surface area (Å²) in [4.78, 5) is 11.4. The zero-order chi connectivity index (χ0) is 13.6. The first-order chi connectivity index (χ1) is 8.56. The fourth-order valence-corrected chi connectivity index (χ4v) is 2.49. The smallest absolute Gasteiger partial charge is 0.299 e. The molecule has 2 N–H and O–H groups in total. The van der Waals surface area contributed by atoms with Gasteiger partial charge < -0.3 is 0 Å². The molecule has 1 aromatic rings. The highest BCUT2D eigenvalue weighted by molar-refractivity contribution is 7.99. The van der Waals surface area contributed by atoms with Crippen molar-refractivity contribution in [2.75, 3.05) is 12.3 Å². The van der Waals surface area contributed by atoms with Crippen molar-refractivity contribution in [3.63, 3.8) is 0 Å². The maximum absolute atomic E-state index is 11.4. The van der Waals surface area contributed by atoms with Crippen LogP contribution in [-0.2, 0) is 6.54 Å². The average molecular weight is 269 g/mol. The van der Waals surface area contributed by atoms with Crippen molar-refractivity contribution in [3.8, 4) is 6.07 Å². The predicted octanol–water partition coefficient (Wildman–Crippen LogP) is 0.965. The van der Waals surface area contributed by atoms with Crippen molar-refractivity contribution in [1.82, 2.24) is 20.1 Å². The lowest BCUT2D eigenvalue weighted by molar-refractivity contribution is 0.492. The van der Waals surface area contributed by atoms with Gasteiger partial charge in [-0.2, -0.15) is 5.26 Å². The van der Waals surface area contributed by atoms with Crippen LogP contribution in [0.2, 0.25) is 0 Å². The van der Waals surface area contributed by atoms with E-state index in [-0.39, 0.29) is 5.69 Å². The first-order valence-corrected chi connectivity index (χ1v) is 6.99. The van der Waals surface area contributed by atoms with Gasteiger partial charge in [-0.05, 0) is 26.8 Å². The molecule has 0 aliphatic heterocycles. The Morgan fingerprint density at radius 3 is 2.89 bits per heavy atom. The minimum atomic E-state index is -0.603. The van der Waals surface area contributed by atoms with Crippen LogP contribution >= 0.6 is 11.8 Å². The van der Waals surface area contributed by atoms with Gasteiger partial charge in [0.1, 0.15) is 5.54 Å². The molecule has 0 amide bonds. The number of hydrogen-bond acceptors (Lipinski definition) is 5. The Kier molecular flexibility index (Phi) is 5.44. The van der Waals surface area contributed by atoms with Gasteiger partial charge in [0.15, 0.2) is 5.16 Å². The molecule has 0 fully saturated rings. The number of H-pyrrole nitrogens is 1.